The lowest BCUT2D eigenvalue weighted by atomic mass is 10.3. The van der Waals surface area contributed by atoms with Gasteiger partial charge in [0.1, 0.15) is 6.54 Å². The highest BCUT2D eigenvalue weighted by Gasteiger charge is 2.19. The van der Waals surface area contributed by atoms with Crippen LogP contribution < -0.4 is 0 Å². The summed E-state index contributed by atoms with van der Waals surface area (Å²) in [4.78, 5) is 25.6. The number of carbonyl (C=O) groups is 2. The number of unbranched alkanes of at least 4 members (excludes halogenated alkanes) is 1. The van der Waals surface area contributed by atoms with E-state index < -0.39 is 5.97 Å². The average Bonchev–Trinajstić information content (AvgIpc) is 2.26. The fourth-order valence-corrected chi connectivity index (χ4v) is 1.42. The van der Waals surface area contributed by atoms with Crippen molar-refractivity contribution in [2.24, 2.45) is 0 Å². The number of carbonyl (C=O) groups excluding carboxylic acids is 1. The largest absolute Gasteiger partial charge is 0.480 e. The number of rotatable bonds is 7. The van der Waals surface area contributed by atoms with Crippen LogP contribution in [-0.2, 0) is 4.79 Å². The van der Waals surface area contributed by atoms with Crippen LogP contribution in [0.4, 0.5) is 4.79 Å². The zero-order chi connectivity index (χ0) is 12.6. The van der Waals surface area contributed by atoms with Gasteiger partial charge in [-0.15, -0.1) is 0 Å². The van der Waals surface area contributed by atoms with Crippen LogP contribution in [0.1, 0.15) is 33.6 Å². The van der Waals surface area contributed by atoms with Crippen molar-refractivity contribution in [3.63, 3.8) is 0 Å². The van der Waals surface area contributed by atoms with Crippen molar-refractivity contribution in [3.05, 3.63) is 0 Å². The van der Waals surface area contributed by atoms with E-state index in [0.29, 0.717) is 19.6 Å². The molecule has 0 spiro atoms. The van der Waals surface area contributed by atoms with Gasteiger partial charge in [0.15, 0.2) is 0 Å². The lowest BCUT2D eigenvalue weighted by Crippen LogP contribution is -2.45. The zero-order valence-corrected chi connectivity index (χ0v) is 10.4. The molecule has 0 heterocycles. The van der Waals surface area contributed by atoms with Gasteiger partial charge in [-0.2, -0.15) is 0 Å². The van der Waals surface area contributed by atoms with E-state index in [1.165, 1.54) is 4.90 Å². The molecule has 16 heavy (non-hydrogen) atoms. The molecule has 5 nitrogen and oxygen atoms in total. The van der Waals surface area contributed by atoms with Crippen LogP contribution in [0.3, 0.4) is 0 Å². The maximum absolute atomic E-state index is 11.9. The molecule has 94 valence electrons. The molecule has 0 fully saturated rings. The van der Waals surface area contributed by atoms with Crippen LogP contribution >= 0.6 is 0 Å². The molecule has 2 amide bonds. The van der Waals surface area contributed by atoms with Crippen LogP contribution in [-0.4, -0.2) is 53.1 Å². The molecule has 0 saturated carbocycles. The summed E-state index contributed by atoms with van der Waals surface area (Å²) in [6.07, 6.45) is 1.97. The highest BCUT2D eigenvalue weighted by atomic mass is 16.4. The van der Waals surface area contributed by atoms with Gasteiger partial charge in [0.2, 0.25) is 0 Å². The number of urea groups is 1. The van der Waals surface area contributed by atoms with Crippen LogP contribution in [0.2, 0.25) is 0 Å². The Morgan fingerprint density at radius 2 is 1.62 bits per heavy atom. The molecule has 0 unspecified atom stereocenters. The fraction of sp³-hybridized carbons (Fsp3) is 0.818. The van der Waals surface area contributed by atoms with Crippen LogP contribution in [0.5, 0.6) is 0 Å². The van der Waals surface area contributed by atoms with Gasteiger partial charge in [-0.1, -0.05) is 13.3 Å². The third-order valence-corrected chi connectivity index (χ3v) is 2.41. The standard InChI is InChI=1S/C11H22N2O3/c1-4-7-8-12(5-2)11(16)13(6-3)9-10(14)15/h4-9H2,1-3H3,(H,14,15). The minimum absolute atomic E-state index is 0.180. The molecule has 0 aliphatic rings. The van der Waals surface area contributed by atoms with E-state index in [4.69, 9.17) is 5.11 Å². The Bertz CT molecular complexity index is 231. The van der Waals surface area contributed by atoms with Gasteiger partial charge < -0.3 is 14.9 Å². The second kappa shape index (κ2) is 7.96. The summed E-state index contributed by atoms with van der Waals surface area (Å²) in [5.74, 6) is -0.971. The maximum atomic E-state index is 11.9. The van der Waals surface area contributed by atoms with E-state index in [9.17, 15) is 9.59 Å². The first-order chi connectivity index (χ1) is 7.56. The molecular weight excluding hydrogens is 208 g/mol. The van der Waals surface area contributed by atoms with Crippen molar-refractivity contribution in [3.8, 4) is 0 Å². The van der Waals surface area contributed by atoms with Gasteiger partial charge in [0, 0.05) is 19.6 Å². The molecule has 0 aliphatic heterocycles. The summed E-state index contributed by atoms with van der Waals surface area (Å²) >= 11 is 0. The highest BCUT2D eigenvalue weighted by molar-refractivity contribution is 5.80. The van der Waals surface area contributed by atoms with Crippen molar-refractivity contribution in [1.29, 1.82) is 0 Å². The van der Waals surface area contributed by atoms with Gasteiger partial charge in [0.05, 0.1) is 0 Å². The number of aliphatic carboxylic acids is 1. The quantitative estimate of drug-likeness (QED) is 0.723. The molecule has 0 saturated heterocycles. The summed E-state index contributed by atoms with van der Waals surface area (Å²) in [5.41, 5.74) is 0. The number of nitrogens with zero attached hydrogens (tertiary/aromatic N) is 2. The van der Waals surface area contributed by atoms with Crippen LogP contribution in [0.25, 0.3) is 0 Å². The van der Waals surface area contributed by atoms with E-state index in [2.05, 4.69) is 6.92 Å². The Hall–Kier alpha value is -1.26. The molecule has 1 N–H and O–H groups in total. The molecule has 0 aromatic carbocycles. The third kappa shape index (κ3) is 5.00. The monoisotopic (exact) mass is 230 g/mol. The van der Waals surface area contributed by atoms with Gasteiger partial charge >= 0.3 is 12.0 Å². The SMILES string of the molecule is CCCCN(CC)C(=O)N(CC)CC(=O)O. The number of hydrogen-bond donors (Lipinski definition) is 1. The predicted octanol–water partition coefficient (Wildman–Crippen LogP) is 1.63. The van der Waals surface area contributed by atoms with Crippen molar-refractivity contribution in [1.82, 2.24) is 9.80 Å². The van der Waals surface area contributed by atoms with E-state index in [1.54, 1.807) is 11.8 Å². The molecule has 0 atom stereocenters. The molecule has 0 aromatic rings. The summed E-state index contributed by atoms with van der Waals surface area (Å²) in [6.45, 7) is 7.27. The maximum Gasteiger partial charge on any atom is 0.323 e. The Morgan fingerprint density at radius 3 is 2.00 bits per heavy atom. The predicted molar refractivity (Wildman–Crippen MR) is 62.4 cm³/mol. The Labute approximate surface area is 97.0 Å². The molecule has 0 aliphatic carbocycles. The van der Waals surface area contributed by atoms with Gasteiger partial charge in [-0.05, 0) is 20.3 Å². The molecular formula is C11H22N2O3. The minimum atomic E-state index is -0.971. The lowest BCUT2D eigenvalue weighted by molar-refractivity contribution is -0.137. The minimum Gasteiger partial charge on any atom is -0.480 e. The van der Waals surface area contributed by atoms with Crippen molar-refractivity contribution in [2.75, 3.05) is 26.2 Å². The topological polar surface area (TPSA) is 60.9 Å². The summed E-state index contributed by atoms with van der Waals surface area (Å²) in [6, 6.07) is -0.180. The van der Waals surface area contributed by atoms with Crippen molar-refractivity contribution < 1.29 is 14.7 Å². The first kappa shape index (κ1) is 14.7. The van der Waals surface area contributed by atoms with Gasteiger partial charge in [-0.25, -0.2) is 4.79 Å². The summed E-state index contributed by atoms with van der Waals surface area (Å²) in [5, 5.41) is 8.68. The van der Waals surface area contributed by atoms with Crippen LogP contribution in [0, 0.1) is 0 Å². The Morgan fingerprint density at radius 1 is 1.06 bits per heavy atom. The van der Waals surface area contributed by atoms with Gasteiger partial charge in [0.25, 0.3) is 0 Å². The third-order valence-electron chi connectivity index (χ3n) is 2.41. The van der Waals surface area contributed by atoms with E-state index >= 15 is 0 Å². The smallest absolute Gasteiger partial charge is 0.323 e. The molecule has 0 aromatic heterocycles. The molecule has 0 radical (unpaired) electrons. The number of hydrogen-bond acceptors (Lipinski definition) is 2. The Balaban J connectivity index is 4.37. The van der Waals surface area contributed by atoms with Crippen molar-refractivity contribution >= 4 is 12.0 Å². The molecule has 0 bridgehead atoms. The van der Waals surface area contributed by atoms with Crippen molar-refractivity contribution in [2.45, 2.75) is 33.6 Å². The number of likely N-dealkylation sites (N-methyl/N-ethyl adjacent to an activating group) is 1. The summed E-state index contributed by atoms with van der Waals surface area (Å²) in [7, 11) is 0. The number of carboxylic acid groups (broad SMARTS) is 1. The normalized spacial score (nSPS) is 9.94. The van der Waals surface area contributed by atoms with E-state index in [0.717, 1.165) is 12.8 Å². The molecule has 5 heteroatoms. The average molecular weight is 230 g/mol. The lowest BCUT2D eigenvalue weighted by Gasteiger charge is -2.28. The van der Waals surface area contributed by atoms with Gasteiger partial charge in [-0.3, -0.25) is 4.79 Å². The number of carboxylic acids is 1. The zero-order valence-electron chi connectivity index (χ0n) is 10.4. The van der Waals surface area contributed by atoms with Crippen LogP contribution in [0.15, 0.2) is 0 Å². The summed E-state index contributed by atoms with van der Waals surface area (Å²) < 4.78 is 0. The number of amides is 2. The second-order valence-corrected chi connectivity index (χ2v) is 3.62. The van der Waals surface area contributed by atoms with E-state index in [-0.39, 0.29) is 12.6 Å². The second-order valence-electron chi connectivity index (χ2n) is 3.62. The first-order valence-electron chi connectivity index (χ1n) is 5.82. The van der Waals surface area contributed by atoms with E-state index in [1.807, 2.05) is 6.92 Å². The highest BCUT2D eigenvalue weighted by Crippen LogP contribution is 2.01. The molecule has 0 rings (SSSR count). The Kier molecular flexibility index (Phi) is 7.33. The first-order valence-corrected chi connectivity index (χ1v) is 5.82. The fourth-order valence-electron chi connectivity index (χ4n) is 1.42.